The van der Waals surface area contributed by atoms with E-state index in [1.807, 2.05) is 30.5 Å². The number of hydrogen-bond donors (Lipinski definition) is 1. The van der Waals surface area contributed by atoms with Crippen LogP contribution in [-0.4, -0.2) is 29.2 Å². The summed E-state index contributed by atoms with van der Waals surface area (Å²) in [4.78, 5) is 11.2. The van der Waals surface area contributed by atoms with Crippen LogP contribution in [0.5, 0.6) is 5.75 Å². The number of methoxy groups -OCH3 is 1. The molecule has 0 spiro atoms. The predicted molar refractivity (Wildman–Crippen MR) is 75.5 cm³/mol. The molecule has 18 heavy (non-hydrogen) atoms. The SMILES string of the molecule is COc1cccc(CCCC(C)(SC)C(=O)O)c1. The topological polar surface area (TPSA) is 46.5 Å². The normalized spacial score (nSPS) is 13.9. The van der Waals surface area contributed by atoms with Crippen molar-refractivity contribution in [1.29, 1.82) is 0 Å². The van der Waals surface area contributed by atoms with E-state index < -0.39 is 10.7 Å². The highest BCUT2D eigenvalue weighted by molar-refractivity contribution is 8.00. The summed E-state index contributed by atoms with van der Waals surface area (Å²) in [6.45, 7) is 1.78. The Morgan fingerprint density at radius 2 is 2.22 bits per heavy atom. The molecule has 1 unspecified atom stereocenters. The van der Waals surface area contributed by atoms with E-state index in [2.05, 4.69) is 0 Å². The van der Waals surface area contributed by atoms with Crippen molar-refractivity contribution in [2.45, 2.75) is 30.9 Å². The molecule has 0 saturated carbocycles. The second kappa shape index (κ2) is 6.69. The first-order valence-electron chi connectivity index (χ1n) is 5.93. The van der Waals surface area contributed by atoms with Crippen molar-refractivity contribution >= 4 is 17.7 Å². The zero-order valence-electron chi connectivity index (χ0n) is 11.1. The van der Waals surface area contributed by atoms with E-state index in [0.29, 0.717) is 6.42 Å². The van der Waals surface area contributed by atoms with E-state index >= 15 is 0 Å². The van der Waals surface area contributed by atoms with E-state index in [1.54, 1.807) is 14.0 Å². The fourth-order valence-electron chi connectivity index (χ4n) is 1.75. The lowest BCUT2D eigenvalue weighted by Crippen LogP contribution is -2.31. The van der Waals surface area contributed by atoms with Gasteiger partial charge in [0.05, 0.1) is 7.11 Å². The van der Waals surface area contributed by atoms with Crippen LogP contribution in [0.1, 0.15) is 25.3 Å². The number of carboxylic acid groups (broad SMARTS) is 1. The first kappa shape index (κ1) is 14.9. The van der Waals surface area contributed by atoms with E-state index in [4.69, 9.17) is 4.74 Å². The highest BCUT2D eigenvalue weighted by Gasteiger charge is 2.31. The van der Waals surface area contributed by atoms with Crippen LogP contribution in [0.25, 0.3) is 0 Å². The Morgan fingerprint density at radius 1 is 1.50 bits per heavy atom. The van der Waals surface area contributed by atoms with Crippen LogP contribution < -0.4 is 4.74 Å². The second-order valence-electron chi connectivity index (χ2n) is 4.45. The minimum Gasteiger partial charge on any atom is -0.497 e. The largest absolute Gasteiger partial charge is 0.497 e. The quantitative estimate of drug-likeness (QED) is 0.824. The van der Waals surface area contributed by atoms with E-state index in [-0.39, 0.29) is 0 Å². The highest BCUT2D eigenvalue weighted by Crippen LogP contribution is 2.29. The Bertz CT molecular complexity index is 406. The van der Waals surface area contributed by atoms with E-state index in [1.165, 1.54) is 17.3 Å². The average molecular weight is 268 g/mol. The Labute approximate surface area is 113 Å². The number of aliphatic carboxylic acids is 1. The number of aryl methyl sites for hydroxylation is 1. The van der Waals surface area contributed by atoms with Crippen LogP contribution in [0.2, 0.25) is 0 Å². The molecule has 1 atom stereocenters. The summed E-state index contributed by atoms with van der Waals surface area (Å²) >= 11 is 1.40. The molecular weight excluding hydrogens is 248 g/mol. The molecule has 1 aromatic rings. The molecule has 4 heteroatoms. The van der Waals surface area contributed by atoms with Gasteiger partial charge in [0.1, 0.15) is 10.5 Å². The molecule has 0 aliphatic rings. The van der Waals surface area contributed by atoms with Gasteiger partial charge in [-0.25, -0.2) is 0 Å². The van der Waals surface area contributed by atoms with Gasteiger partial charge in [-0.1, -0.05) is 12.1 Å². The summed E-state index contributed by atoms with van der Waals surface area (Å²) < 4.78 is 4.48. The molecule has 1 N–H and O–H groups in total. The van der Waals surface area contributed by atoms with E-state index in [0.717, 1.165) is 18.6 Å². The molecule has 100 valence electrons. The van der Waals surface area contributed by atoms with Gasteiger partial charge in [0.15, 0.2) is 0 Å². The molecule has 0 saturated heterocycles. The van der Waals surface area contributed by atoms with Crippen molar-refractivity contribution in [3.8, 4) is 5.75 Å². The zero-order chi connectivity index (χ0) is 13.6. The van der Waals surface area contributed by atoms with Gasteiger partial charge in [0, 0.05) is 0 Å². The molecule has 0 heterocycles. The Morgan fingerprint density at radius 3 is 2.78 bits per heavy atom. The number of ether oxygens (including phenoxy) is 1. The summed E-state index contributed by atoms with van der Waals surface area (Å²) in [5.74, 6) is 0.110. The van der Waals surface area contributed by atoms with Crippen LogP contribution >= 0.6 is 11.8 Å². The molecule has 0 fully saturated rings. The zero-order valence-corrected chi connectivity index (χ0v) is 11.9. The molecule has 1 rings (SSSR count). The Kier molecular flexibility index (Phi) is 5.54. The molecular formula is C14H20O3S. The summed E-state index contributed by atoms with van der Waals surface area (Å²) in [6, 6.07) is 7.91. The molecule has 1 aromatic carbocycles. The first-order chi connectivity index (χ1) is 8.51. The summed E-state index contributed by atoms with van der Waals surface area (Å²) in [6.07, 6.45) is 4.25. The van der Waals surface area contributed by atoms with Gasteiger partial charge in [0.2, 0.25) is 0 Å². The highest BCUT2D eigenvalue weighted by atomic mass is 32.2. The molecule has 0 aliphatic carbocycles. The third-order valence-corrected chi connectivity index (χ3v) is 4.44. The lowest BCUT2D eigenvalue weighted by molar-refractivity contribution is -0.139. The third kappa shape index (κ3) is 3.95. The maximum atomic E-state index is 11.2. The summed E-state index contributed by atoms with van der Waals surface area (Å²) in [7, 11) is 1.65. The van der Waals surface area contributed by atoms with Crippen LogP contribution in [0.3, 0.4) is 0 Å². The number of hydrogen-bond acceptors (Lipinski definition) is 3. The molecule has 0 aliphatic heterocycles. The monoisotopic (exact) mass is 268 g/mol. The van der Waals surface area contributed by atoms with Gasteiger partial charge < -0.3 is 9.84 Å². The maximum absolute atomic E-state index is 11.2. The lowest BCUT2D eigenvalue weighted by atomic mass is 10.0. The van der Waals surface area contributed by atoms with Gasteiger partial charge in [-0.2, -0.15) is 0 Å². The molecule has 0 bridgehead atoms. The van der Waals surface area contributed by atoms with Crippen molar-refractivity contribution < 1.29 is 14.6 Å². The predicted octanol–water partition coefficient (Wildman–Crippen LogP) is 3.22. The van der Waals surface area contributed by atoms with Gasteiger partial charge in [-0.05, 0) is 50.1 Å². The van der Waals surface area contributed by atoms with Crippen molar-refractivity contribution in [2.24, 2.45) is 0 Å². The van der Waals surface area contributed by atoms with Crippen LogP contribution in [0.15, 0.2) is 24.3 Å². The number of rotatable bonds is 7. The van der Waals surface area contributed by atoms with Crippen LogP contribution in [-0.2, 0) is 11.2 Å². The average Bonchev–Trinajstić information content (AvgIpc) is 2.38. The molecule has 0 amide bonds. The third-order valence-electron chi connectivity index (χ3n) is 3.16. The molecule has 3 nitrogen and oxygen atoms in total. The fourth-order valence-corrected chi connectivity index (χ4v) is 2.28. The minimum absolute atomic E-state index is 0.667. The van der Waals surface area contributed by atoms with Gasteiger partial charge >= 0.3 is 5.97 Å². The van der Waals surface area contributed by atoms with Crippen molar-refractivity contribution in [1.82, 2.24) is 0 Å². The van der Waals surface area contributed by atoms with Crippen LogP contribution in [0, 0.1) is 0 Å². The van der Waals surface area contributed by atoms with Crippen molar-refractivity contribution in [2.75, 3.05) is 13.4 Å². The first-order valence-corrected chi connectivity index (χ1v) is 7.16. The van der Waals surface area contributed by atoms with Crippen molar-refractivity contribution in [3.63, 3.8) is 0 Å². The molecule has 0 aromatic heterocycles. The Balaban J connectivity index is 2.53. The number of carbonyl (C=O) groups is 1. The van der Waals surface area contributed by atoms with E-state index in [9.17, 15) is 9.90 Å². The standard InChI is InChI=1S/C14H20O3S/c1-14(18-3,13(15)16)9-5-7-11-6-4-8-12(10-11)17-2/h4,6,8,10H,5,7,9H2,1-3H3,(H,15,16). The Hall–Kier alpha value is -1.16. The van der Waals surface area contributed by atoms with Gasteiger partial charge in [0.25, 0.3) is 0 Å². The summed E-state index contributed by atoms with van der Waals surface area (Å²) in [5, 5.41) is 9.17. The smallest absolute Gasteiger partial charge is 0.319 e. The number of benzene rings is 1. The number of carboxylic acids is 1. The minimum atomic E-state index is -0.736. The maximum Gasteiger partial charge on any atom is 0.319 e. The second-order valence-corrected chi connectivity index (χ2v) is 5.75. The summed E-state index contributed by atoms with van der Waals surface area (Å²) in [5.41, 5.74) is 1.18. The fraction of sp³-hybridized carbons (Fsp3) is 0.500. The van der Waals surface area contributed by atoms with Crippen LogP contribution in [0.4, 0.5) is 0 Å². The van der Waals surface area contributed by atoms with Gasteiger partial charge in [-0.15, -0.1) is 11.8 Å². The number of thioether (sulfide) groups is 1. The van der Waals surface area contributed by atoms with Gasteiger partial charge in [-0.3, -0.25) is 4.79 Å². The van der Waals surface area contributed by atoms with Crippen molar-refractivity contribution in [3.05, 3.63) is 29.8 Å². The lowest BCUT2D eigenvalue weighted by Gasteiger charge is -2.22. The molecule has 0 radical (unpaired) electrons.